The SMILES string of the molecule is CCCC[C@@H]1CN(C(=O)c2ccc(Cn3cccn3)o2)C[C@H](C2CC2)O1. The second-order valence-corrected chi connectivity index (χ2v) is 7.46. The molecule has 2 atom stereocenters. The molecule has 1 saturated heterocycles. The van der Waals surface area contributed by atoms with Crippen molar-refractivity contribution in [3.8, 4) is 0 Å². The maximum Gasteiger partial charge on any atom is 0.289 e. The molecule has 1 saturated carbocycles. The molecule has 0 N–H and O–H groups in total. The lowest BCUT2D eigenvalue weighted by molar-refractivity contribution is -0.0879. The van der Waals surface area contributed by atoms with Crippen molar-refractivity contribution in [1.82, 2.24) is 14.7 Å². The topological polar surface area (TPSA) is 60.5 Å². The van der Waals surface area contributed by atoms with Gasteiger partial charge in [0.2, 0.25) is 0 Å². The van der Waals surface area contributed by atoms with Crippen LogP contribution in [0, 0.1) is 5.92 Å². The van der Waals surface area contributed by atoms with Crippen LogP contribution < -0.4 is 0 Å². The van der Waals surface area contributed by atoms with Crippen molar-refractivity contribution in [2.75, 3.05) is 13.1 Å². The number of rotatable bonds is 7. The van der Waals surface area contributed by atoms with E-state index in [0.717, 1.165) is 25.0 Å². The van der Waals surface area contributed by atoms with Gasteiger partial charge in [0.25, 0.3) is 5.91 Å². The van der Waals surface area contributed by atoms with Crippen LogP contribution >= 0.6 is 0 Å². The molecule has 1 aliphatic carbocycles. The maximum absolute atomic E-state index is 13.0. The molecule has 2 aromatic rings. The molecule has 6 heteroatoms. The summed E-state index contributed by atoms with van der Waals surface area (Å²) in [6, 6.07) is 5.52. The Labute approximate surface area is 154 Å². The Balaban J connectivity index is 1.43. The summed E-state index contributed by atoms with van der Waals surface area (Å²) >= 11 is 0. The molecule has 6 nitrogen and oxygen atoms in total. The van der Waals surface area contributed by atoms with E-state index in [-0.39, 0.29) is 18.1 Å². The van der Waals surface area contributed by atoms with Gasteiger partial charge in [0.05, 0.1) is 18.8 Å². The Bertz CT molecular complexity index is 721. The highest BCUT2D eigenvalue weighted by atomic mass is 16.5. The molecule has 0 aromatic carbocycles. The normalized spacial score (nSPS) is 23.3. The molecule has 4 rings (SSSR count). The quantitative estimate of drug-likeness (QED) is 0.762. The predicted molar refractivity (Wildman–Crippen MR) is 96.9 cm³/mol. The first-order valence-electron chi connectivity index (χ1n) is 9.74. The Kier molecular flexibility index (Phi) is 5.11. The van der Waals surface area contributed by atoms with Gasteiger partial charge in [-0.2, -0.15) is 5.10 Å². The number of hydrogen-bond acceptors (Lipinski definition) is 4. The average Bonchev–Trinajstić information content (AvgIpc) is 3.20. The van der Waals surface area contributed by atoms with E-state index >= 15 is 0 Å². The van der Waals surface area contributed by atoms with Gasteiger partial charge in [-0.05, 0) is 43.4 Å². The van der Waals surface area contributed by atoms with Crippen molar-refractivity contribution in [2.24, 2.45) is 5.92 Å². The molecular formula is C20H27N3O3. The fourth-order valence-corrected chi connectivity index (χ4v) is 3.64. The Hall–Kier alpha value is -2.08. The lowest BCUT2D eigenvalue weighted by Crippen LogP contribution is -2.50. The van der Waals surface area contributed by atoms with E-state index in [1.165, 1.54) is 12.8 Å². The third kappa shape index (κ3) is 4.01. The first-order valence-corrected chi connectivity index (χ1v) is 9.74. The molecule has 26 heavy (non-hydrogen) atoms. The first kappa shape index (κ1) is 17.3. The zero-order valence-electron chi connectivity index (χ0n) is 15.3. The third-order valence-electron chi connectivity index (χ3n) is 5.26. The molecule has 3 heterocycles. The predicted octanol–water partition coefficient (Wildman–Crippen LogP) is 3.33. The molecule has 0 spiro atoms. The van der Waals surface area contributed by atoms with Crippen LogP contribution in [0.3, 0.4) is 0 Å². The van der Waals surface area contributed by atoms with Crippen LogP contribution in [0.4, 0.5) is 0 Å². The van der Waals surface area contributed by atoms with E-state index in [9.17, 15) is 4.79 Å². The fourth-order valence-electron chi connectivity index (χ4n) is 3.64. The zero-order chi connectivity index (χ0) is 17.9. The van der Waals surface area contributed by atoms with E-state index in [2.05, 4.69) is 12.0 Å². The van der Waals surface area contributed by atoms with E-state index in [0.29, 0.717) is 31.3 Å². The summed E-state index contributed by atoms with van der Waals surface area (Å²) in [7, 11) is 0. The second kappa shape index (κ2) is 7.66. The van der Waals surface area contributed by atoms with Gasteiger partial charge in [-0.1, -0.05) is 19.8 Å². The number of unbranched alkanes of at least 4 members (excludes halogenated alkanes) is 1. The number of aromatic nitrogens is 2. The minimum Gasteiger partial charge on any atom is -0.454 e. The lowest BCUT2D eigenvalue weighted by Gasteiger charge is -2.38. The zero-order valence-corrected chi connectivity index (χ0v) is 15.3. The van der Waals surface area contributed by atoms with E-state index in [1.807, 2.05) is 23.2 Å². The van der Waals surface area contributed by atoms with Crippen molar-refractivity contribution in [2.45, 2.75) is 57.8 Å². The maximum atomic E-state index is 13.0. The molecule has 1 amide bonds. The summed E-state index contributed by atoms with van der Waals surface area (Å²) in [6.45, 7) is 4.07. The van der Waals surface area contributed by atoms with Crippen molar-refractivity contribution >= 4 is 5.91 Å². The summed E-state index contributed by atoms with van der Waals surface area (Å²) in [5, 5.41) is 4.18. The minimum atomic E-state index is -0.0211. The number of nitrogens with zero attached hydrogens (tertiary/aromatic N) is 3. The number of furan rings is 1. The van der Waals surface area contributed by atoms with E-state index in [4.69, 9.17) is 9.15 Å². The van der Waals surface area contributed by atoms with Gasteiger partial charge in [-0.15, -0.1) is 0 Å². The smallest absolute Gasteiger partial charge is 0.289 e. The molecule has 0 bridgehead atoms. The average molecular weight is 357 g/mol. The van der Waals surface area contributed by atoms with E-state index < -0.39 is 0 Å². The van der Waals surface area contributed by atoms with Crippen LogP contribution in [0.2, 0.25) is 0 Å². The molecule has 140 valence electrons. The number of carbonyl (C=O) groups excluding carboxylic acids is 1. The van der Waals surface area contributed by atoms with Gasteiger partial charge in [0.15, 0.2) is 5.76 Å². The number of carbonyl (C=O) groups is 1. The van der Waals surface area contributed by atoms with Gasteiger partial charge in [-0.3, -0.25) is 9.48 Å². The fraction of sp³-hybridized carbons (Fsp3) is 0.600. The summed E-state index contributed by atoms with van der Waals surface area (Å²) in [4.78, 5) is 14.9. The van der Waals surface area contributed by atoms with Crippen LogP contribution in [0.5, 0.6) is 0 Å². The molecular weight excluding hydrogens is 330 g/mol. The van der Waals surface area contributed by atoms with Gasteiger partial charge >= 0.3 is 0 Å². The largest absolute Gasteiger partial charge is 0.454 e. The van der Waals surface area contributed by atoms with Crippen LogP contribution in [0.25, 0.3) is 0 Å². The molecule has 0 unspecified atom stereocenters. The number of ether oxygens (including phenoxy) is 1. The minimum absolute atomic E-state index is 0.0211. The second-order valence-electron chi connectivity index (χ2n) is 7.46. The highest BCUT2D eigenvalue weighted by Crippen LogP contribution is 2.37. The summed E-state index contributed by atoms with van der Waals surface area (Å²) in [6.07, 6.45) is 9.71. The molecule has 2 aromatic heterocycles. The van der Waals surface area contributed by atoms with Crippen LogP contribution in [-0.4, -0.2) is 45.9 Å². The van der Waals surface area contributed by atoms with E-state index in [1.54, 1.807) is 16.9 Å². The standard InChI is InChI=1S/C20H27N3O3/c1-2-3-5-16-12-22(14-19(26-16)15-6-7-15)20(24)18-9-8-17(25-18)13-23-11-4-10-21-23/h4,8-11,15-16,19H,2-3,5-7,12-14H2,1H3/t16-,19-/m1/s1. The summed E-state index contributed by atoms with van der Waals surface area (Å²) in [5.74, 6) is 1.76. The molecule has 2 fully saturated rings. The van der Waals surface area contributed by atoms with Gasteiger partial charge in [0, 0.05) is 25.5 Å². The highest BCUT2D eigenvalue weighted by molar-refractivity contribution is 5.91. The van der Waals surface area contributed by atoms with Crippen LogP contribution in [0.15, 0.2) is 35.0 Å². The van der Waals surface area contributed by atoms with Gasteiger partial charge < -0.3 is 14.1 Å². The highest BCUT2D eigenvalue weighted by Gasteiger charge is 2.40. The monoisotopic (exact) mass is 357 g/mol. The Morgan fingerprint density at radius 3 is 2.92 bits per heavy atom. The van der Waals surface area contributed by atoms with Crippen molar-refractivity contribution in [3.05, 3.63) is 42.1 Å². The Morgan fingerprint density at radius 2 is 2.19 bits per heavy atom. The summed E-state index contributed by atoms with van der Waals surface area (Å²) in [5.41, 5.74) is 0. The molecule has 0 radical (unpaired) electrons. The van der Waals surface area contributed by atoms with Crippen LogP contribution in [-0.2, 0) is 11.3 Å². The van der Waals surface area contributed by atoms with Crippen molar-refractivity contribution < 1.29 is 13.9 Å². The lowest BCUT2D eigenvalue weighted by atomic mass is 10.1. The number of morpholine rings is 1. The van der Waals surface area contributed by atoms with Crippen molar-refractivity contribution in [3.63, 3.8) is 0 Å². The Morgan fingerprint density at radius 1 is 1.31 bits per heavy atom. The molecule has 1 aliphatic heterocycles. The number of hydrogen-bond donors (Lipinski definition) is 0. The van der Waals surface area contributed by atoms with Crippen molar-refractivity contribution in [1.29, 1.82) is 0 Å². The van der Waals surface area contributed by atoms with Gasteiger partial charge in [0.1, 0.15) is 5.76 Å². The third-order valence-corrected chi connectivity index (χ3v) is 5.26. The van der Waals surface area contributed by atoms with Crippen LogP contribution in [0.1, 0.15) is 55.3 Å². The summed E-state index contributed by atoms with van der Waals surface area (Å²) < 4.78 is 13.9. The van der Waals surface area contributed by atoms with Gasteiger partial charge in [-0.25, -0.2) is 0 Å². The number of amides is 1. The molecule has 2 aliphatic rings. The first-order chi connectivity index (χ1) is 12.7.